The molecule has 1 N–H and O–H groups in total. The standard InChI is InChI=1S/C10H12.C6H6N2O2/c1-2-6-10-8-4-3-7-9(10)5-1;1-4-7-3-2-5(8-4)6(9)10/h1-3,7H,4-6,8H2;2-3H,1H3,(H,9,10). The Morgan fingerprint density at radius 1 is 1.25 bits per heavy atom. The van der Waals surface area contributed by atoms with Gasteiger partial charge in [0.2, 0.25) is 0 Å². The van der Waals surface area contributed by atoms with Crippen LogP contribution in [-0.2, 0) is 0 Å². The highest BCUT2D eigenvalue weighted by Crippen LogP contribution is 2.27. The van der Waals surface area contributed by atoms with Crippen LogP contribution in [0.5, 0.6) is 0 Å². The number of aromatic carboxylic acids is 1. The lowest BCUT2D eigenvalue weighted by atomic mass is 9.90. The van der Waals surface area contributed by atoms with Crippen molar-refractivity contribution in [2.75, 3.05) is 0 Å². The summed E-state index contributed by atoms with van der Waals surface area (Å²) in [7, 11) is 0. The van der Waals surface area contributed by atoms with E-state index in [4.69, 9.17) is 5.11 Å². The maximum atomic E-state index is 10.3. The summed E-state index contributed by atoms with van der Waals surface area (Å²) in [6, 6.07) is 1.36. The van der Waals surface area contributed by atoms with Crippen molar-refractivity contribution in [3.05, 3.63) is 59.2 Å². The van der Waals surface area contributed by atoms with E-state index in [9.17, 15) is 4.79 Å². The third kappa shape index (κ3) is 3.88. The molecule has 4 nitrogen and oxygen atoms in total. The van der Waals surface area contributed by atoms with E-state index < -0.39 is 5.97 Å². The molecule has 1 aromatic rings. The number of nitrogens with zero attached hydrogens (tertiary/aromatic N) is 2. The molecule has 0 saturated heterocycles. The van der Waals surface area contributed by atoms with Gasteiger partial charge in [-0.1, -0.05) is 29.9 Å². The molecule has 0 aromatic carbocycles. The molecule has 0 amide bonds. The van der Waals surface area contributed by atoms with Crippen molar-refractivity contribution in [3.63, 3.8) is 0 Å². The molecule has 0 saturated carbocycles. The van der Waals surface area contributed by atoms with Gasteiger partial charge in [0.05, 0.1) is 0 Å². The predicted molar refractivity (Wildman–Crippen MR) is 77.5 cm³/mol. The molecule has 0 radical (unpaired) electrons. The Morgan fingerprint density at radius 2 is 2.05 bits per heavy atom. The summed E-state index contributed by atoms with van der Waals surface area (Å²) < 4.78 is 0. The Labute approximate surface area is 118 Å². The highest BCUT2D eigenvalue weighted by Gasteiger charge is 2.08. The topological polar surface area (TPSA) is 63.1 Å². The molecule has 2 aliphatic carbocycles. The van der Waals surface area contributed by atoms with Crippen LogP contribution in [0.3, 0.4) is 0 Å². The number of rotatable bonds is 1. The molecular weight excluding hydrogens is 252 g/mol. The summed E-state index contributed by atoms with van der Waals surface area (Å²) in [6.45, 7) is 1.65. The van der Waals surface area contributed by atoms with Gasteiger partial charge in [-0.25, -0.2) is 14.8 Å². The fourth-order valence-corrected chi connectivity index (χ4v) is 2.22. The van der Waals surface area contributed by atoms with E-state index in [0.717, 1.165) is 0 Å². The van der Waals surface area contributed by atoms with Gasteiger partial charge in [-0.05, 0) is 44.2 Å². The summed E-state index contributed by atoms with van der Waals surface area (Å²) >= 11 is 0. The average molecular weight is 270 g/mol. The number of hydrogen-bond acceptors (Lipinski definition) is 3. The first-order valence-electron chi connectivity index (χ1n) is 6.72. The maximum absolute atomic E-state index is 10.3. The number of hydrogen-bond donors (Lipinski definition) is 1. The third-order valence-corrected chi connectivity index (χ3v) is 3.25. The SMILES string of the molecule is C1=CC2=C(CC=CC2)CC1.Cc1nccc(C(=O)O)n1. The van der Waals surface area contributed by atoms with E-state index in [1.807, 2.05) is 0 Å². The lowest BCUT2D eigenvalue weighted by Crippen LogP contribution is -2.01. The van der Waals surface area contributed by atoms with Crippen LogP contribution in [0.25, 0.3) is 0 Å². The van der Waals surface area contributed by atoms with Crippen molar-refractivity contribution in [1.82, 2.24) is 9.97 Å². The van der Waals surface area contributed by atoms with Crippen molar-refractivity contribution in [1.29, 1.82) is 0 Å². The summed E-state index contributed by atoms with van der Waals surface area (Å²) in [5.41, 5.74) is 3.28. The van der Waals surface area contributed by atoms with Gasteiger partial charge in [-0.3, -0.25) is 0 Å². The monoisotopic (exact) mass is 270 g/mol. The molecule has 0 bridgehead atoms. The second kappa shape index (κ2) is 6.80. The molecule has 1 heterocycles. The number of aryl methyl sites for hydroxylation is 1. The highest BCUT2D eigenvalue weighted by atomic mass is 16.4. The molecular formula is C16H18N2O2. The molecule has 2 aliphatic rings. The van der Waals surface area contributed by atoms with Crippen LogP contribution in [0.1, 0.15) is 42.0 Å². The number of allylic oxidation sites excluding steroid dienone is 6. The minimum atomic E-state index is -1.02. The molecule has 104 valence electrons. The fraction of sp³-hybridized carbons (Fsp3) is 0.312. The van der Waals surface area contributed by atoms with Crippen LogP contribution in [-0.4, -0.2) is 21.0 Å². The van der Waals surface area contributed by atoms with Crippen molar-refractivity contribution in [2.45, 2.75) is 32.6 Å². The predicted octanol–water partition coefficient (Wildman–Crippen LogP) is 3.47. The van der Waals surface area contributed by atoms with Crippen LogP contribution in [0.2, 0.25) is 0 Å². The summed E-state index contributed by atoms with van der Waals surface area (Å²) in [6.07, 6.45) is 15.5. The number of aromatic nitrogens is 2. The minimum Gasteiger partial charge on any atom is -0.477 e. The van der Waals surface area contributed by atoms with E-state index in [0.29, 0.717) is 5.82 Å². The van der Waals surface area contributed by atoms with E-state index in [-0.39, 0.29) is 5.69 Å². The first-order chi connectivity index (χ1) is 9.66. The molecule has 0 unspecified atom stereocenters. The lowest BCUT2D eigenvalue weighted by molar-refractivity contribution is 0.0690. The fourth-order valence-electron chi connectivity index (χ4n) is 2.22. The van der Waals surface area contributed by atoms with E-state index in [1.54, 1.807) is 18.1 Å². The maximum Gasteiger partial charge on any atom is 0.354 e. The van der Waals surface area contributed by atoms with Gasteiger partial charge in [0.1, 0.15) is 5.82 Å². The molecule has 1 aromatic heterocycles. The zero-order chi connectivity index (χ0) is 14.4. The molecule has 0 atom stereocenters. The second-order valence-corrected chi connectivity index (χ2v) is 4.74. The zero-order valence-corrected chi connectivity index (χ0v) is 11.5. The van der Waals surface area contributed by atoms with Gasteiger partial charge in [0.15, 0.2) is 5.69 Å². The third-order valence-electron chi connectivity index (χ3n) is 3.25. The van der Waals surface area contributed by atoms with Gasteiger partial charge in [-0.15, -0.1) is 0 Å². The van der Waals surface area contributed by atoms with Crippen LogP contribution >= 0.6 is 0 Å². The molecule has 4 heteroatoms. The van der Waals surface area contributed by atoms with Crippen molar-refractivity contribution in [3.8, 4) is 0 Å². The van der Waals surface area contributed by atoms with Gasteiger partial charge in [-0.2, -0.15) is 0 Å². The van der Waals surface area contributed by atoms with E-state index >= 15 is 0 Å². The number of carbonyl (C=O) groups is 1. The van der Waals surface area contributed by atoms with Crippen LogP contribution < -0.4 is 0 Å². The first-order valence-corrected chi connectivity index (χ1v) is 6.72. The summed E-state index contributed by atoms with van der Waals surface area (Å²) in [5.74, 6) is -0.551. The lowest BCUT2D eigenvalue weighted by Gasteiger charge is -2.16. The van der Waals surface area contributed by atoms with Gasteiger partial charge >= 0.3 is 5.97 Å². The summed E-state index contributed by atoms with van der Waals surface area (Å²) in [5, 5.41) is 8.42. The summed E-state index contributed by atoms with van der Waals surface area (Å²) in [4.78, 5) is 17.7. The largest absolute Gasteiger partial charge is 0.477 e. The molecule has 0 aliphatic heterocycles. The van der Waals surface area contributed by atoms with Gasteiger partial charge in [0.25, 0.3) is 0 Å². The highest BCUT2D eigenvalue weighted by molar-refractivity contribution is 5.85. The number of carboxylic acids is 1. The quantitative estimate of drug-likeness (QED) is 0.794. The van der Waals surface area contributed by atoms with Gasteiger partial charge in [0, 0.05) is 6.20 Å². The second-order valence-electron chi connectivity index (χ2n) is 4.74. The Balaban J connectivity index is 0.000000147. The Kier molecular flexibility index (Phi) is 4.82. The van der Waals surface area contributed by atoms with E-state index in [2.05, 4.69) is 34.3 Å². The Hall–Kier alpha value is -2.23. The molecule has 20 heavy (non-hydrogen) atoms. The van der Waals surface area contributed by atoms with Gasteiger partial charge < -0.3 is 5.11 Å². The zero-order valence-electron chi connectivity index (χ0n) is 11.5. The molecule has 0 spiro atoms. The molecule has 0 fully saturated rings. The average Bonchev–Trinajstić information content (AvgIpc) is 2.48. The van der Waals surface area contributed by atoms with Crippen molar-refractivity contribution >= 4 is 5.97 Å². The smallest absolute Gasteiger partial charge is 0.354 e. The Bertz CT molecular complexity index is 586. The first kappa shape index (κ1) is 14.2. The van der Waals surface area contributed by atoms with Crippen molar-refractivity contribution in [2.24, 2.45) is 0 Å². The van der Waals surface area contributed by atoms with Crippen LogP contribution in [0.15, 0.2) is 47.7 Å². The van der Waals surface area contributed by atoms with Crippen molar-refractivity contribution < 1.29 is 9.90 Å². The van der Waals surface area contributed by atoms with E-state index in [1.165, 1.54) is 37.9 Å². The number of carboxylic acid groups (broad SMARTS) is 1. The van der Waals surface area contributed by atoms with Crippen LogP contribution in [0.4, 0.5) is 0 Å². The normalized spacial score (nSPS) is 16.2. The van der Waals surface area contributed by atoms with Crippen LogP contribution in [0, 0.1) is 6.92 Å². The molecule has 3 rings (SSSR count). The minimum absolute atomic E-state index is 0.0347. The Morgan fingerprint density at radius 3 is 2.70 bits per heavy atom.